The van der Waals surface area contributed by atoms with Gasteiger partial charge in [-0.25, -0.2) is 0 Å². The third kappa shape index (κ3) is 4.40. The van der Waals surface area contributed by atoms with E-state index in [-0.39, 0.29) is 5.91 Å². The first kappa shape index (κ1) is 14.2. The average molecular weight is 282 g/mol. The van der Waals surface area contributed by atoms with Crippen LogP contribution in [0.25, 0.3) is 0 Å². The second-order valence-electron chi connectivity index (χ2n) is 4.87. The fraction of sp³-hybridized carbons (Fsp3) is 0.500. The largest absolute Gasteiger partial charge is 0.385 e. The predicted molar refractivity (Wildman–Crippen MR) is 78.6 cm³/mol. The van der Waals surface area contributed by atoms with Crippen LogP contribution < -0.4 is 5.32 Å². The standard InChI is InChI=1S/C14H20ClN3O/c1-17-8-10-18(11-9-17)14(19)6-7-16-13-4-2-12(15)3-5-13/h2-5,16H,6-11H2,1H3. The van der Waals surface area contributed by atoms with Crippen molar-refractivity contribution in [1.82, 2.24) is 9.80 Å². The van der Waals surface area contributed by atoms with Gasteiger partial charge in [-0.05, 0) is 31.3 Å². The molecule has 2 rings (SSSR count). The number of rotatable bonds is 4. The lowest BCUT2D eigenvalue weighted by Crippen LogP contribution is -2.47. The molecular formula is C14H20ClN3O. The van der Waals surface area contributed by atoms with E-state index in [0.29, 0.717) is 13.0 Å². The van der Waals surface area contributed by atoms with Gasteiger partial charge in [0.15, 0.2) is 0 Å². The molecule has 1 heterocycles. The van der Waals surface area contributed by atoms with Crippen LogP contribution in [0.2, 0.25) is 5.02 Å². The summed E-state index contributed by atoms with van der Waals surface area (Å²) < 4.78 is 0. The zero-order valence-corrected chi connectivity index (χ0v) is 12.0. The van der Waals surface area contributed by atoms with Crippen molar-refractivity contribution in [1.29, 1.82) is 0 Å². The second kappa shape index (κ2) is 6.78. The average Bonchev–Trinajstić information content (AvgIpc) is 2.41. The van der Waals surface area contributed by atoms with Crippen LogP contribution in [0.3, 0.4) is 0 Å². The molecule has 0 unspecified atom stereocenters. The number of carbonyl (C=O) groups is 1. The zero-order valence-electron chi connectivity index (χ0n) is 11.2. The number of amides is 1. The van der Waals surface area contributed by atoms with E-state index < -0.39 is 0 Å². The van der Waals surface area contributed by atoms with Crippen molar-refractivity contribution < 1.29 is 4.79 Å². The van der Waals surface area contributed by atoms with Crippen LogP contribution in [0.1, 0.15) is 6.42 Å². The minimum absolute atomic E-state index is 0.231. The predicted octanol–water partition coefficient (Wildman–Crippen LogP) is 1.92. The Labute approximate surface area is 119 Å². The quantitative estimate of drug-likeness (QED) is 0.916. The number of piperazine rings is 1. The summed E-state index contributed by atoms with van der Waals surface area (Å²) in [5.41, 5.74) is 0.996. The molecule has 1 aliphatic heterocycles. The minimum Gasteiger partial charge on any atom is -0.385 e. The lowest BCUT2D eigenvalue weighted by atomic mass is 10.2. The Bertz CT molecular complexity index is 413. The van der Waals surface area contributed by atoms with Crippen LogP contribution >= 0.6 is 11.6 Å². The van der Waals surface area contributed by atoms with Crippen LogP contribution in [0.5, 0.6) is 0 Å². The van der Waals surface area contributed by atoms with Crippen molar-refractivity contribution in [2.45, 2.75) is 6.42 Å². The van der Waals surface area contributed by atoms with Gasteiger partial charge in [-0.15, -0.1) is 0 Å². The van der Waals surface area contributed by atoms with Gasteiger partial charge in [0.25, 0.3) is 0 Å². The van der Waals surface area contributed by atoms with E-state index in [0.717, 1.165) is 36.9 Å². The lowest BCUT2D eigenvalue weighted by Gasteiger charge is -2.32. The molecule has 0 aromatic heterocycles. The molecule has 1 saturated heterocycles. The third-order valence-corrected chi connectivity index (χ3v) is 3.62. The summed E-state index contributed by atoms with van der Waals surface area (Å²) in [5, 5.41) is 3.96. The van der Waals surface area contributed by atoms with Gasteiger partial charge < -0.3 is 15.1 Å². The summed E-state index contributed by atoms with van der Waals surface area (Å²) in [7, 11) is 2.09. The minimum atomic E-state index is 0.231. The number of hydrogen-bond acceptors (Lipinski definition) is 3. The van der Waals surface area contributed by atoms with E-state index in [9.17, 15) is 4.79 Å². The first-order chi connectivity index (χ1) is 9.15. The number of likely N-dealkylation sites (N-methyl/N-ethyl adjacent to an activating group) is 1. The van der Waals surface area contributed by atoms with E-state index in [4.69, 9.17) is 11.6 Å². The first-order valence-corrected chi connectivity index (χ1v) is 6.99. The Hall–Kier alpha value is -1.26. The fourth-order valence-electron chi connectivity index (χ4n) is 2.10. The molecule has 0 bridgehead atoms. The van der Waals surface area contributed by atoms with Crippen molar-refractivity contribution in [2.75, 3.05) is 45.1 Å². The SMILES string of the molecule is CN1CCN(C(=O)CCNc2ccc(Cl)cc2)CC1. The monoisotopic (exact) mass is 281 g/mol. The molecule has 0 radical (unpaired) electrons. The highest BCUT2D eigenvalue weighted by atomic mass is 35.5. The summed E-state index contributed by atoms with van der Waals surface area (Å²) in [6.07, 6.45) is 0.534. The van der Waals surface area contributed by atoms with Gasteiger partial charge in [0, 0.05) is 49.9 Å². The van der Waals surface area contributed by atoms with Crippen molar-refractivity contribution in [2.24, 2.45) is 0 Å². The van der Waals surface area contributed by atoms with Gasteiger partial charge in [0.2, 0.25) is 5.91 Å². The number of carbonyl (C=O) groups excluding carboxylic acids is 1. The fourth-order valence-corrected chi connectivity index (χ4v) is 2.22. The molecule has 0 atom stereocenters. The van der Waals surface area contributed by atoms with E-state index >= 15 is 0 Å². The van der Waals surface area contributed by atoms with Crippen LogP contribution in [-0.2, 0) is 4.79 Å². The summed E-state index contributed by atoms with van der Waals surface area (Å²) in [6, 6.07) is 7.52. The molecule has 19 heavy (non-hydrogen) atoms. The highest BCUT2D eigenvalue weighted by Gasteiger charge is 2.18. The van der Waals surface area contributed by atoms with Crippen molar-refractivity contribution in [3.05, 3.63) is 29.3 Å². The molecule has 0 aliphatic carbocycles. The lowest BCUT2D eigenvalue weighted by molar-refractivity contribution is -0.132. The first-order valence-electron chi connectivity index (χ1n) is 6.61. The van der Waals surface area contributed by atoms with E-state index in [1.807, 2.05) is 29.2 Å². The van der Waals surface area contributed by atoms with E-state index in [2.05, 4.69) is 17.3 Å². The van der Waals surface area contributed by atoms with Crippen LogP contribution in [0, 0.1) is 0 Å². The molecule has 4 nitrogen and oxygen atoms in total. The number of benzene rings is 1. The highest BCUT2D eigenvalue weighted by Crippen LogP contribution is 2.13. The maximum atomic E-state index is 12.0. The normalized spacial score (nSPS) is 16.4. The molecule has 0 saturated carbocycles. The van der Waals surface area contributed by atoms with Gasteiger partial charge in [-0.1, -0.05) is 11.6 Å². The van der Waals surface area contributed by atoms with Crippen LogP contribution in [0.4, 0.5) is 5.69 Å². The van der Waals surface area contributed by atoms with E-state index in [1.54, 1.807) is 0 Å². The Balaban J connectivity index is 1.70. The zero-order chi connectivity index (χ0) is 13.7. The molecule has 1 fully saturated rings. The second-order valence-corrected chi connectivity index (χ2v) is 5.30. The van der Waals surface area contributed by atoms with Crippen molar-refractivity contribution >= 4 is 23.2 Å². The number of nitrogens with one attached hydrogen (secondary N) is 1. The van der Waals surface area contributed by atoms with Crippen LogP contribution in [-0.4, -0.2) is 55.5 Å². The molecule has 1 amide bonds. The summed E-state index contributed by atoms with van der Waals surface area (Å²) in [5.74, 6) is 0.231. The summed E-state index contributed by atoms with van der Waals surface area (Å²) in [4.78, 5) is 16.2. The maximum Gasteiger partial charge on any atom is 0.224 e. The molecule has 5 heteroatoms. The number of nitrogens with zero attached hydrogens (tertiary/aromatic N) is 2. The Morgan fingerprint density at radius 2 is 1.84 bits per heavy atom. The highest BCUT2D eigenvalue weighted by molar-refractivity contribution is 6.30. The van der Waals surface area contributed by atoms with Gasteiger partial charge in [0.05, 0.1) is 0 Å². The molecule has 1 N–H and O–H groups in total. The summed E-state index contributed by atoms with van der Waals surface area (Å²) >= 11 is 5.82. The van der Waals surface area contributed by atoms with Gasteiger partial charge in [0.1, 0.15) is 0 Å². The van der Waals surface area contributed by atoms with Gasteiger partial charge in [-0.3, -0.25) is 4.79 Å². The van der Waals surface area contributed by atoms with E-state index in [1.165, 1.54) is 0 Å². The molecule has 1 aromatic rings. The molecule has 1 aliphatic rings. The third-order valence-electron chi connectivity index (χ3n) is 3.37. The van der Waals surface area contributed by atoms with Crippen molar-refractivity contribution in [3.8, 4) is 0 Å². The number of hydrogen-bond donors (Lipinski definition) is 1. The Morgan fingerprint density at radius 1 is 1.21 bits per heavy atom. The summed E-state index contributed by atoms with van der Waals surface area (Å²) in [6.45, 7) is 4.28. The number of anilines is 1. The Morgan fingerprint density at radius 3 is 2.47 bits per heavy atom. The molecule has 104 valence electrons. The molecule has 0 spiro atoms. The molecular weight excluding hydrogens is 262 g/mol. The smallest absolute Gasteiger partial charge is 0.224 e. The molecule has 1 aromatic carbocycles. The van der Waals surface area contributed by atoms with Gasteiger partial charge >= 0.3 is 0 Å². The van der Waals surface area contributed by atoms with Gasteiger partial charge in [-0.2, -0.15) is 0 Å². The number of halogens is 1. The maximum absolute atomic E-state index is 12.0. The van der Waals surface area contributed by atoms with Crippen LogP contribution in [0.15, 0.2) is 24.3 Å². The topological polar surface area (TPSA) is 35.6 Å². The Kier molecular flexibility index (Phi) is 5.05. The van der Waals surface area contributed by atoms with Crippen molar-refractivity contribution in [3.63, 3.8) is 0 Å².